The van der Waals surface area contributed by atoms with Crippen LogP contribution >= 0.6 is 0 Å². The van der Waals surface area contributed by atoms with Gasteiger partial charge in [-0.05, 0) is 48.0 Å². The molecule has 0 aromatic heterocycles. The van der Waals surface area contributed by atoms with Gasteiger partial charge >= 0.3 is 6.03 Å². The molecule has 0 spiro atoms. The van der Waals surface area contributed by atoms with Gasteiger partial charge in [0, 0.05) is 11.9 Å². The molecule has 5 nitrogen and oxygen atoms in total. The summed E-state index contributed by atoms with van der Waals surface area (Å²) in [6, 6.07) is 13.3. The number of carbonyl (C=O) groups excluding carboxylic acids is 1. The second kappa shape index (κ2) is 7.00. The molecule has 0 aliphatic rings. The minimum Gasteiger partial charge on any atom is -0.508 e. The van der Waals surface area contributed by atoms with Crippen LogP contribution in [0.3, 0.4) is 0 Å². The number of anilines is 1. The van der Waals surface area contributed by atoms with E-state index in [1.807, 2.05) is 24.3 Å². The highest BCUT2D eigenvalue weighted by Crippen LogP contribution is 2.14. The molecule has 2 aromatic carbocycles. The summed E-state index contributed by atoms with van der Waals surface area (Å²) in [6.07, 6.45) is 3.33. The topological polar surface area (TPSA) is 70.6 Å². The van der Waals surface area contributed by atoms with Gasteiger partial charge in [0.1, 0.15) is 11.5 Å². The third kappa shape index (κ3) is 4.58. The average molecular weight is 284 g/mol. The summed E-state index contributed by atoms with van der Waals surface area (Å²) < 4.78 is 5.07. The Kier molecular flexibility index (Phi) is 4.82. The van der Waals surface area contributed by atoms with E-state index in [0.29, 0.717) is 5.69 Å². The van der Waals surface area contributed by atoms with E-state index in [-0.39, 0.29) is 11.8 Å². The van der Waals surface area contributed by atoms with Crippen LogP contribution in [0.2, 0.25) is 0 Å². The first-order chi connectivity index (χ1) is 10.2. The Morgan fingerprint density at radius 1 is 1.10 bits per heavy atom. The van der Waals surface area contributed by atoms with Crippen molar-refractivity contribution in [1.29, 1.82) is 0 Å². The van der Waals surface area contributed by atoms with E-state index in [0.717, 1.165) is 11.3 Å². The van der Waals surface area contributed by atoms with Crippen LogP contribution in [0.4, 0.5) is 10.5 Å². The second-order valence-electron chi connectivity index (χ2n) is 4.25. The quantitative estimate of drug-likeness (QED) is 0.755. The maximum atomic E-state index is 11.6. The van der Waals surface area contributed by atoms with Crippen LogP contribution < -0.4 is 15.4 Å². The number of rotatable bonds is 4. The standard InChI is InChI=1S/C16H16N2O3/c1-21-15-8-2-12(3-9-15)10-11-17-16(20)18-13-4-6-14(19)7-5-13/h2-11,19H,1H3,(H2,17,18,20)/b11-10+. The maximum absolute atomic E-state index is 11.6. The Hall–Kier alpha value is -2.95. The van der Waals surface area contributed by atoms with Crippen molar-refractivity contribution in [3.05, 3.63) is 60.3 Å². The molecule has 0 heterocycles. The summed E-state index contributed by atoms with van der Waals surface area (Å²) in [6.45, 7) is 0. The molecule has 2 rings (SSSR count). The molecule has 0 bridgehead atoms. The number of amides is 2. The van der Waals surface area contributed by atoms with Gasteiger partial charge in [-0.3, -0.25) is 0 Å². The van der Waals surface area contributed by atoms with Crippen molar-refractivity contribution in [3.8, 4) is 11.5 Å². The Morgan fingerprint density at radius 2 is 1.76 bits per heavy atom. The summed E-state index contributed by atoms with van der Waals surface area (Å²) in [5, 5.41) is 14.4. The van der Waals surface area contributed by atoms with Gasteiger partial charge in [-0.1, -0.05) is 12.1 Å². The lowest BCUT2D eigenvalue weighted by molar-refractivity contribution is 0.255. The molecule has 0 aliphatic carbocycles. The Bertz CT molecular complexity index is 619. The molecule has 108 valence electrons. The van der Waals surface area contributed by atoms with E-state index in [1.54, 1.807) is 31.5 Å². The highest BCUT2D eigenvalue weighted by molar-refractivity contribution is 5.90. The zero-order valence-electron chi connectivity index (χ0n) is 11.5. The highest BCUT2D eigenvalue weighted by atomic mass is 16.5. The Morgan fingerprint density at radius 3 is 2.38 bits per heavy atom. The van der Waals surface area contributed by atoms with E-state index in [2.05, 4.69) is 10.6 Å². The van der Waals surface area contributed by atoms with Crippen LogP contribution in [-0.4, -0.2) is 18.2 Å². The fourth-order valence-electron chi connectivity index (χ4n) is 1.64. The van der Waals surface area contributed by atoms with Crippen molar-refractivity contribution in [2.75, 3.05) is 12.4 Å². The Balaban J connectivity index is 1.85. The number of phenolic OH excluding ortho intramolecular Hbond substituents is 1. The molecule has 21 heavy (non-hydrogen) atoms. The smallest absolute Gasteiger partial charge is 0.323 e. The largest absolute Gasteiger partial charge is 0.508 e. The molecule has 5 heteroatoms. The van der Waals surface area contributed by atoms with Crippen LogP contribution in [0.25, 0.3) is 6.08 Å². The maximum Gasteiger partial charge on any atom is 0.323 e. The van der Waals surface area contributed by atoms with Crippen molar-refractivity contribution >= 4 is 17.8 Å². The van der Waals surface area contributed by atoms with Crippen LogP contribution in [0.5, 0.6) is 11.5 Å². The number of aromatic hydroxyl groups is 1. The lowest BCUT2D eigenvalue weighted by Crippen LogP contribution is -2.23. The molecule has 0 atom stereocenters. The lowest BCUT2D eigenvalue weighted by Gasteiger charge is -2.04. The van der Waals surface area contributed by atoms with Crippen molar-refractivity contribution < 1.29 is 14.6 Å². The monoisotopic (exact) mass is 284 g/mol. The molecular weight excluding hydrogens is 268 g/mol. The third-order valence-electron chi connectivity index (χ3n) is 2.73. The first-order valence-electron chi connectivity index (χ1n) is 6.34. The molecule has 2 amide bonds. The first-order valence-corrected chi connectivity index (χ1v) is 6.34. The molecule has 0 radical (unpaired) electrons. The van der Waals surface area contributed by atoms with Gasteiger partial charge in [0.05, 0.1) is 7.11 Å². The first kappa shape index (κ1) is 14.5. The SMILES string of the molecule is COc1ccc(/C=C/NC(=O)Nc2ccc(O)cc2)cc1. The van der Waals surface area contributed by atoms with E-state index >= 15 is 0 Å². The number of hydrogen-bond donors (Lipinski definition) is 3. The summed E-state index contributed by atoms with van der Waals surface area (Å²) in [4.78, 5) is 11.6. The van der Waals surface area contributed by atoms with Crippen molar-refractivity contribution in [3.63, 3.8) is 0 Å². The highest BCUT2D eigenvalue weighted by Gasteiger charge is 1.98. The van der Waals surface area contributed by atoms with Crippen LogP contribution in [0.15, 0.2) is 54.7 Å². The minimum atomic E-state index is -0.356. The number of hydrogen-bond acceptors (Lipinski definition) is 3. The fraction of sp³-hybridized carbons (Fsp3) is 0.0625. The summed E-state index contributed by atoms with van der Waals surface area (Å²) >= 11 is 0. The molecule has 0 saturated carbocycles. The lowest BCUT2D eigenvalue weighted by atomic mass is 10.2. The second-order valence-corrected chi connectivity index (χ2v) is 4.25. The van der Waals surface area contributed by atoms with Crippen LogP contribution in [0.1, 0.15) is 5.56 Å². The van der Waals surface area contributed by atoms with Gasteiger partial charge in [-0.25, -0.2) is 4.79 Å². The number of ether oxygens (including phenoxy) is 1. The van der Waals surface area contributed by atoms with Gasteiger partial charge in [0.2, 0.25) is 0 Å². The van der Waals surface area contributed by atoms with E-state index in [1.165, 1.54) is 12.1 Å². The van der Waals surface area contributed by atoms with Crippen molar-refractivity contribution in [2.45, 2.75) is 0 Å². The normalized spacial score (nSPS) is 10.3. The number of urea groups is 1. The number of benzene rings is 2. The fourth-order valence-corrected chi connectivity index (χ4v) is 1.64. The number of phenols is 1. The molecule has 0 unspecified atom stereocenters. The molecule has 2 aromatic rings. The van der Waals surface area contributed by atoms with E-state index < -0.39 is 0 Å². The number of carbonyl (C=O) groups is 1. The molecule has 0 saturated heterocycles. The summed E-state index contributed by atoms with van der Waals surface area (Å²) in [5.74, 6) is 0.936. The van der Waals surface area contributed by atoms with Crippen molar-refractivity contribution in [1.82, 2.24) is 5.32 Å². The van der Waals surface area contributed by atoms with E-state index in [4.69, 9.17) is 9.84 Å². The third-order valence-corrected chi connectivity index (χ3v) is 2.73. The molecule has 0 fully saturated rings. The zero-order valence-corrected chi connectivity index (χ0v) is 11.5. The minimum absolute atomic E-state index is 0.153. The Labute approximate surface area is 122 Å². The number of nitrogens with one attached hydrogen (secondary N) is 2. The van der Waals surface area contributed by atoms with Gasteiger partial charge in [-0.15, -0.1) is 0 Å². The van der Waals surface area contributed by atoms with Gasteiger partial charge in [0.15, 0.2) is 0 Å². The zero-order chi connectivity index (χ0) is 15.1. The summed E-state index contributed by atoms with van der Waals surface area (Å²) in [7, 11) is 1.61. The van der Waals surface area contributed by atoms with E-state index in [9.17, 15) is 4.79 Å². The van der Waals surface area contributed by atoms with Crippen molar-refractivity contribution in [2.24, 2.45) is 0 Å². The molecular formula is C16H16N2O3. The average Bonchev–Trinajstić information content (AvgIpc) is 2.50. The number of methoxy groups -OCH3 is 1. The molecule has 3 N–H and O–H groups in total. The van der Waals surface area contributed by atoms with Gasteiger partial charge < -0.3 is 20.5 Å². The summed E-state index contributed by atoms with van der Waals surface area (Å²) in [5.41, 5.74) is 1.55. The van der Waals surface area contributed by atoms with Gasteiger partial charge in [0.25, 0.3) is 0 Å². The van der Waals surface area contributed by atoms with Crippen LogP contribution in [-0.2, 0) is 0 Å². The molecule has 0 aliphatic heterocycles. The predicted molar refractivity (Wildman–Crippen MR) is 82.3 cm³/mol. The predicted octanol–water partition coefficient (Wildman–Crippen LogP) is 3.19. The van der Waals surface area contributed by atoms with Gasteiger partial charge in [-0.2, -0.15) is 0 Å². The van der Waals surface area contributed by atoms with Crippen LogP contribution in [0, 0.1) is 0 Å².